The van der Waals surface area contributed by atoms with Gasteiger partial charge in [0.2, 0.25) is 5.95 Å². The van der Waals surface area contributed by atoms with Crippen LogP contribution in [0.3, 0.4) is 0 Å². The predicted octanol–water partition coefficient (Wildman–Crippen LogP) is 4.14. The molecule has 2 heterocycles. The summed E-state index contributed by atoms with van der Waals surface area (Å²) in [6.07, 6.45) is 0. The van der Waals surface area contributed by atoms with Gasteiger partial charge >= 0.3 is 0 Å². The summed E-state index contributed by atoms with van der Waals surface area (Å²) in [6, 6.07) is 20.1. The number of aryl methyl sites for hydroxylation is 1. The molecule has 0 saturated heterocycles. The first-order chi connectivity index (χ1) is 14.1. The summed E-state index contributed by atoms with van der Waals surface area (Å²) in [4.78, 5) is 30.0. The zero-order chi connectivity index (χ0) is 20.2. The van der Waals surface area contributed by atoms with E-state index in [1.165, 1.54) is 16.0 Å². The van der Waals surface area contributed by atoms with Gasteiger partial charge in [-0.25, -0.2) is 0 Å². The van der Waals surface area contributed by atoms with Gasteiger partial charge in [-0.2, -0.15) is 9.67 Å². The van der Waals surface area contributed by atoms with Crippen LogP contribution in [0.1, 0.15) is 25.6 Å². The number of nitrogens with zero attached hydrogens (tertiary/aromatic N) is 3. The number of aromatic nitrogens is 3. The molecule has 0 unspecified atom stereocenters. The maximum absolute atomic E-state index is 12.8. The molecule has 0 atom stereocenters. The van der Waals surface area contributed by atoms with Crippen molar-refractivity contribution < 1.29 is 9.59 Å². The van der Waals surface area contributed by atoms with E-state index in [0.717, 1.165) is 5.56 Å². The molecule has 2 amide bonds. The zero-order valence-corrected chi connectivity index (χ0v) is 16.3. The molecule has 8 heteroatoms. The molecule has 4 aromatic rings. The number of thiophene rings is 1. The molecule has 144 valence electrons. The van der Waals surface area contributed by atoms with Gasteiger partial charge in [-0.05, 0) is 42.1 Å². The molecule has 0 fully saturated rings. The van der Waals surface area contributed by atoms with Crippen LogP contribution in [0.15, 0.2) is 72.1 Å². The Bertz CT molecular complexity index is 1150. The topological polar surface area (TPSA) is 88.9 Å². The van der Waals surface area contributed by atoms with E-state index in [9.17, 15) is 9.59 Å². The molecule has 0 saturated carbocycles. The normalized spacial score (nSPS) is 10.5. The molecular weight excluding hydrogens is 386 g/mol. The quantitative estimate of drug-likeness (QED) is 0.524. The minimum Gasteiger partial charge on any atom is -0.290 e. The SMILES string of the molecule is Cc1ccccc1C(=O)Nc1nc(NC(=O)c2cccs2)nn1-c1ccccc1. The Balaban J connectivity index is 1.66. The Labute approximate surface area is 171 Å². The third-order valence-corrected chi connectivity index (χ3v) is 5.06. The van der Waals surface area contributed by atoms with Crippen molar-refractivity contribution in [2.24, 2.45) is 0 Å². The summed E-state index contributed by atoms with van der Waals surface area (Å²) in [5.41, 5.74) is 2.10. The lowest BCUT2D eigenvalue weighted by atomic mass is 10.1. The van der Waals surface area contributed by atoms with Crippen LogP contribution in [0.25, 0.3) is 5.69 Å². The van der Waals surface area contributed by atoms with Crippen molar-refractivity contribution in [2.45, 2.75) is 6.92 Å². The second-order valence-corrected chi connectivity index (χ2v) is 7.15. The maximum Gasteiger partial charge on any atom is 0.268 e. The van der Waals surface area contributed by atoms with E-state index in [0.29, 0.717) is 16.1 Å². The molecule has 0 aliphatic carbocycles. The molecule has 0 aliphatic heterocycles. The number of amides is 2. The lowest BCUT2D eigenvalue weighted by molar-refractivity contribution is 0.101. The number of carbonyl (C=O) groups excluding carboxylic acids is 2. The van der Waals surface area contributed by atoms with Gasteiger partial charge in [-0.15, -0.1) is 16.4 Å². The lowest BCUT2D eigenvalue weighted by Crippen LogP contribution is -2.17. The van der Waals surface area contributed by atoms with E-state index >= 15 is 0 Å². The van der Waals surface area contributed by atoms with Gasteiger partial charge in [0.25, 0.3) is 17.8 Å². The molecule has 2 aromatic heterocycles. The van der Waals surface area contributed by atoms with Crippen molar-refractivity contribution in [2.75, 3.05) is 10.6 Å². The fourth-order valence-electron chi connectivity index (χ4n) is 2.76. The zero-order valence-electron chi connectivity index (χ0n) is 15.5. The second kappa shape index (κ2) is 8.07. The van der Waals surface area contributed by atoms with Crippen LogP contribution in [0.4, 0.5) is 11.9 Å². The van der Waals surface area contributed by atoms with Gasteiger partial charge in [-0.1, -0.05) is 42.5 Å². The van der Waals surface area contributed by atoms with E-state index in [1.807, 2.05) is 54.8 Å². The standard InChI is InChI=1S/C21H17N5O2S/c1-14-8-5-6-11-16(14)18(27)23-21-24-20(22-19(28)17-12-7-13-29-17)25-26(21)15-9-3-2-4-10-15/h2-13H,1H3,(H2,22,23,24,25,27,28). The van der Waals surface area contributed by atoms with Gasteiger partial charge in [0, 0.05) is 5.56 Å². The van der Waals surface area contributed by atoms with Crippen LogP contribution in [0, 0.1) is 6.92 Å². The Kier molecular flexibility index (Phi) is 5.17. The minimum atomic E-state index is -0.304. The molecule has 29 heavy (non-hydrogen) atoms. The van der Waals surface area contributed by atoms with Crippen LogP contribution >= 0.6 is 11.3 Å². The molecular formula is C21H17N5O2S. The van der Waals surface area contributed by atoms with Crippen molar-refractivity contribution in [1.29, 1.82) is 0 Å². The first-order valence-corrected chi connectivity index (χ1v) is 9.74. The Hall–Kier alpha value is -3.78. The Morgan fingerprint density at radius 1 is 0.897 bits per heavy atom. The molecule has 0 bridgehead atoms. The summed E-state index contributed by atoms with van der Waals surface area (Å²) in [5, 5.41) is 11.7. The Morgan fingerprint density at radius 2 is 1.66 bits per heavy atom. The monoisotopic (exact) mass is 403 g/mol. The van der Waals surface area contributed by atoms with Gasteiger partial charge in [0.1, 0.15) is 0 Å². The van der Waals surface area contributed by atoms with E-state index < -0.39 is 0 Å². The lowest BCUT2D eigenvalue weighted by Gasteiger charge is -2.08. The summed E-state index contributed by atoms with van der Waals surface area (Å²) in [6.45, 7) is 1.86. The minimum absolute atomic E-state index is 0.104. The highest BCUT2D eigenvalue weighted by molar-refractivity contribution is 7.12. The van der Waals surface area contributed by atoms with Crippen molar-refractivity contribution in [3.8, 4) is 5.69 Å². The highest BCUT2D eigenvalue weighted by Gasteiger charge is 2.18. The maximum atomic E-state index is 12.8. The summed E-state index contributed by atoms with van der Waals surface area (Å²) in [7, 11) is 0. The third-order valence-electron chi connectivity index (χ3n) is 4.19. The van der Waals surface area contributed by atoms with E-state index in [-0.39, 0.29) is 23.7 Å². The summed E-state index contributed by atoms with van der Waals surface area (Å²) >= 11 is 1.32. The number of hydrogen-bond donors (Lipinski definition) is 2. The fourth-order valence-corrected chi connectivity index (χ4v) is 3.38. The molecule has 0 aliphatic rings. The number of hydrogen-bond acceptors (Lipinski definition) is 5. The second-order valence-electron chi connectivity index (χ2n) is 6.21. The fraction of sp³-hybridized carbons (Fsp3) is 0.0476. The van der Waals surface area contributed by atoms with Crippen molar-refractivity contribution in [3.05, 3.63) is 88.1 Å². The van der Waals surface area contributed by atoms with Gasteiger partial charge < -0.3 is 0 Å². The van der Waals surface area contributed by atoms with Crippen LogP contribution < -0.4 is 10.6 Å². The summed E-state index contributed by atoms with van der Waals surface area (Å²) < 4.78 is 1.49. The van der Waals surface area contributed by atoms with Gasteiger partial charge in [0.15, 0.2) is 0 Å². The number of benzene rings is 2. The van der Waals surface area contributed by atoms with Gasteiger partial charge in [-0.3, -0.25) is 20.2 Å². The van der Waals surface area contributed by atoms with Crippen molar-refractivity contribution >= 4 is 35.0 Å². The molecule has 0 radical (unpaired) electrons. The first-order valence-electron chi connectivity index (χ1n) is 8.86. The largest absolute Gasteiger partial charge is 0.290 e. The highest BCUT2D eigenvalue weighted by Crippen LogP contribution is 2.19. The van der Waals surface area contributed by atoms with E-state index in [2.05, 4.69) is 20.7 Å². The van der Waals surface area contributed by atoms with Crippen LogP contribution in [0.2, 0.25) is 0 Å². The van der Waals surface area contributed by atoms with Crippen molar-refractivity contribution in [1.82, 2.24) is 14.8 Å². The number of carbonyl (C=O) groups is 2. The first kappa shape index (κ1) is 18.6. The van der Waals surface area contributed by atoms with Crippen LogP contribution in [0.5, 0.6) is 0 Å². The average Bonchev–Trinajstić information content (AvgIpc) is 3.39. The van der Waals surface area contributed by atoms with Crippen molar-refractivity contribution in [3.63, 3.8) is 0 Å². The summed E-state index contributed by atoms with van der Waals surface area (Å²) in [5.74, 6) is -0.288. The smallest absolute Gasteiger partial charge is 0.268 e. The molecule has 0 spiro atoms. The van der Waals surface area contributed by atoms with Gasteiger partial charge in [0.05, 0.1) is 10.6 Å². The van der Waals surface area contributed by atoms with Crippen LogP contribution in [-0.2, 0) is 0 Å². The van der Waals surface area contributed by atoms with E-state index in [4.69, 9.17) is 0 Å². The predicted molar refractivity (Wildman–Crippen MR) is 113 cm³/mol. The van der Waals surface area contributed by atoms with E-state index in [1.54, 1.807) is 24.3 Å². The number of nitrogens with one attached hydrogen (secondary N) is 2. The molecule has 2 aromatic carbocycles. The van der Waals surface area contributed by atoms with Crippen LogP contribution in [-0.4, -0.2) is 26.6 Å². The number of anilines is 2. The number of rotatable bonds is 5. The Morgan fingerprint density at radius 3 is 2.38 bits per heavy atom. The molecule has 7 nitrogen and oxygen atoms in total. The number of para-hydroxylation sites is 1. The highest BCUT2D eigenvalue weighted by atomic mass is 32.1. The third kappa shape index (κ3) is 4.07. The molecule has 4 rings (SSSR count). The molecule has 2 N–H and O–H groups in total. The average molecular weight is 403 g/mol.